The van der Waals surface area contributed by atoms with Crippen molar-refractivity contribution in [1.82, 2.24) is 5.32 Å². The van der Waals surface area contributed by atoms with Crippen LogP contribution in [0.1, 0.15) is 18.1 Å². The summed E-state index contributed by atoms with van der Waals surface area (Å²) >= 11 is 0. The van der Waals surface area contributed by atoms with Crippen LogP contribution in [0.2, 0.25) is 0 Å². The SMILES string of the molecule is CCN(CCNC(=O)COC(=O)Cc1ccc(OC)cc1)c1cccc(C)c1. The summed E-state index contributed by atoms with van der Waals surface area (Å²) in [5, 5.41) is 2.79. The molecule has 2 aromatic carbocycles. The topological polar surface area (TPSA) is 67.9 Å². The summed E-state index contributed by atoms with van der Waals surface area (Å²) in [4.78, 5) is 26.0. The average Bonchev–Trinajstić information content (AvgIpc) is 2.70. The molecule has 0 aliphatic rings. The van der Waals surface area contributed by atoms with Crippen molar-refractivity contribution in [2.24, 2.45) is 0 Å². The lowest BCUT2D eigenvalue weighted by Crippen LogP contribution is -2.37. The van der Waals surface area contributed by atoms with Gasteiger partial charge in [-0.2, -0.15) is 0 Å². The number of likely N-dealkylation sites (N-methyl/N-ethyl adjacent to an activating group) is 1. The van der Waals surface area contributed by atoms with E-state index in [-0.39, 0.29) is 18.9 Å². The van der Waals surface area contributed by atoms with E-state index >= 15 is 0 Å². The third kappa shape index (κ3) is 6.95. The smallest absolute Gasteiger partial charge is 0.310 e. The lowest BCUT2D eigenvalue weighted by atomic mass is 10.1. The molecular weight excluding hydrogens is 356 g/mol. The minimum atomic E-state index is -0.435. The highest BCUT2D eigenvalue weighted by Crippen LogP contribution is 2.15. The largest absolute Gasteiger partial charge is 0.497 e. The monoisotopic (exact) mass is 384 g/mol. The average molecular weight is 384 g/mol. The number of esters is 1. The minimum absolute atomic E-state index is 0.119. The Balaban J connectivity index is 1.69. The standard InChI is InChI=1S/C22H28N2O4/c1-4-24(19-7-5-6-17(2)14-19)13-12-23-21(25)16-28-22(26)15-18-8-10-20(27-3)11-9-18/h5-11,14H,4,12-13,15-16H2,1-3H3,(H,23,25). The Kier molecular flexibility index (Phi) is 8.34. The highest BCUT2D eigenvalue weighted by atomic mass is 16.5. The molecule has 0 radical (unpaired) electrons. The van der Waals surface area contributed by atoms with E-state index in [4.69, 9.17) is 9.47 Å². The normalized spacial score (nSPS) is 10.2. The van der Waals surface area contributed by atoms with Crippen LogP contribution < -0.4 is 15.0 Å². The maximum atomic E-state index is 11.9. The first-order valence-corrected chi connectivity index (χ1v) is 9.38. The number of ether oxygens (including phenoxy) is 2. The number of benzene rings is 2. The van der Waals surface area contributed by atoms with E-state index in [2.05, 4.69) is 42.3 Å². The molecule has 0 heterocycles. The number of rotatable bonds is 10. The molecule has 0 bridgehead atoms. The Labute approximate surface area is 166 Å². The molecule has 0 spiro atoms. The Morgan fingerprint density at radius 3 is 2.50 bits per heavy atom. The van der Waals surface area contributed by atoms with Crippen LogP contribution in [0.4, 0.5) is 5.69 Å². The number of methoxy groups -OCH3 is 1. The molecule has 0 aromatic heterocycles. The quantitative estimate of drug-likeness (QED) is 0.638. The van der Waals surface area contributed by atoms with Gasteiger partial charge in [0.25, 0.3) is 5.91 Å². The van der Waals surface area contributed by atoms with Crippen molar-refractivity contribution in [3.63, 3.8) is 0 Å². The van der Waals surface area contributed by atoms with Crippen LogP contribution >= 0.6 is 0 Å². The summed E-state index contributed by atoms with van der Waals surface area (Å²) in [6, 6.07) is 15.4. The third-order valence-corrected chi connectivity index (χ3v) is 4.32. The molecule has 0 aliphatic carbocycles. The molecule has 2 aromatic rings. The molecule has 0 aliphatic heterocycles. The number of anilines is 1. The minimum Gasteiger partial charge on any atom is -0.497 e. The van der Waals surface area contributed by atoms with E-state index in [1.54, 1.807) is 31.4 Å². The van der Waals surface area contributed by atoms with Crippen molar-refractivity contribution in [2.45, 2.75) is 20.3 Å². The predicted molar refractivity (Wildman–Crippen MR) is 110 cm³/mol. The van der Waals surface area contributed by atoms with Crippen LogP contribution in [-0.2, 0) is 20.7 Å². The second-order valence-electron chi connectivity index (χ2n) is 6.45. The molecule has 0 saturated heterocycles. The molecule has 6 heteroatoms. The van der Waals surface area contributed by atoms with Gasteiger partial charge in [-0.3, -0.25) is 9.59 Å². The number of hydrogen-bond donors (Lipinski definition) is 1. The summed E-state index contributed by atoms with van der Waals surface area (Å²) in [7, 11) is 1.59. The van der Waals surface area contributed by atoms with Gasteiger partial charge < -0.3 is 19.7 Å². The number of amides is 1. The fraction of sp³-hybridized carbons (Fsp3) is 0.364. The number of hydrogen-bond acceptors (Lipinski definition) is 5. The zero-order chi connectivity index (χ0) is 20.4. The first-order chi connectivity index (χ1) is 13.5. The van der Waals surface area contributed by atoms with Crippen molar-refractivity contribution in [1.29, 1.82) is 0 Å². The third-order valence-electron chi connectivity index (χ3n) is 4.32. The molecular formula is C22H28N2O4. The van der Waals surface area contributed by atoms with Crippen LogP contribution in [0.25, 0.3) is 0 Å². The van der Waals surface area contributed by atoms with Gasteiger partial charge in [0.05, 0.1) is 13.5 Å². The molecule has 0 atom stereocenters. The van der Waals surface area contributed by atoms with E-state index in [0.29, 0.717) is 13.1 Å². The highest BCUT2D eigenvalue weighted by Gasteiger charge is 2.10. The van der Waals surface area contributed by atoms with Crippen molar-refractivity contribution in [2.75, 3.05) is 38.3 Å². The Morgan fingerprint density at radius 2 is 1.86 bits per heavy atom. The molecule has 150 valence electrons. The van der Waals surface area contributed by atoms with Gasteiger partial charge in [-0.1, -0.05) is 24.3 Å². The lowest BCUT2D eigenvalue weighted by molar-refractivity contribution is -0.147. The Bertz CT molecular complexity index is 774. The van der Waals surface area contributed by atoms with E-state index in [1.807, 2.05) is 6.07 Å². The second kappa shape index (κ2) is 11.0. The van der Waals surface area contributed by atoms with Crippen molar-refractivity contribution in [3.8, 4) is 5.75 Å². The summed E-state index contributed by atoms with van der Waals surface area (Å²) in [6.45, 7) is 5.87. The molecule has 1 N–H and O–H groups in total. The van der Waals surface area contributed by atoms with Crippen LogP contribution in [-0.4, -0.2) is 45.2 Å². The van der Waals surface area contributed by atoms with Gasteiger partial charge in [-0.05, 0) is 49.2 Å². The molecule has 6 nitrogen and oxygen atoms in total. The van der Waals surface area contributed by atoms with Crippen molar-refractivity contribution in [3.05, 3.63) is 59.7 Å². The highest BCUT2D eigenvalue weighted by molar-refractivity contribution is 5.81. The summed E-state index contributed by atoms with van der Waals surface area (Å²) < 4.78 is 10.1. The number of nitrogens with zero attached hydrogens (tertiary/aromatic N) is 1. The van der Waals surface area contributed by atoms with Crippen molar-refractivity contribution < 1.29 is 19.1 Å². The first kappa shape index (κ1) is 21.3. The number of carbonyl (C=O) groups is 2. The molecule has 0 saturated carbocycles. The van der Waals surface area contributed by atoms with Crippen molar-refractivity contribution >= 4 is 17.6 Å². The molecule has 28 heavy (non-hydrogen) atoms. The fourth-order valence-electron chi connectivity index (χ4n) is 2.78. The zero-order valence-corrected chi connectivity index (χ0v) is 16.7. The van der Waals surface area contributed by atoms with E-state index in [1.165, 1.54) is 5.56 Å². The van der Waals surface area contributed by atoms with Crippen LogP contribution in [0.15, 0.2) is 48.5 Å². The Morgan fingerprint density at radius 1 is 1.11 bits per heavy atom. The van der Waals surface area contributed by atoms with Gasteiger partial charge in [0.15, 0.2) is 6.61 Å². The fourth-order valence-corrected chi connectivity index (χ4v) is 2.78. The van der Waals surface area contributed by atoms with Crippen LogP contribution in [0.3, 0.4) is 0 Å². The summed E-state index contributed by atoms with van der Waals surface area (Å²) in [6.07, 6.45) is 0.119. The second-order valence-corrected chi connectivity index (χ2v) is 6.45. The molecule has 0 fully saturated rings. The van der Waals surface area contributed by atoms with E-state index in [0.717, 1.165) is 23.5 Å². The zero-order valence-electron chi connectivity index (χ0n) is 16.7. The maximum Gasteiger partial charge on any atom is 0.310 e. The lowest BCUT2D eigenvalue weighted by Gasteiger charge is -2.23. The van der Waals surface area contributed by atoms with E-state index < -0.39 is 5.97 Å². The Hall–Kier alpha value is -3.02. The number of carbonyl (C=O) groups excluding carboxylic acids is 2. The van der Waals surface area contributed by atoms with Gasteiger partial charge in [0.1, 0.15) is 5.75 Å². The molecule has 1 amide bonds. The predicted octanol–water partition coefficient (Wildman–Crippen LogP) is 2.73. The van der Waals surface area contributed by atoms with Crippen LogP contribution in [0, 0.1) is 6.92 Å². The molecule has 2 rings (SSSR count). The van der Waals surface area contributed by atoms with E-state index in [9.17, 15) is 9.59 Å². The summed E-state index contributed by atoms with van der Waals surface area (Å²) in [5.41, 5.74) is 3.13. The van der Waals surface area contributed by atoms with Gasteiger partial charge in [0, 0.05) is 25.3 Å². The van der Waals surface area contributed by atoms with Gasteiger partial charge in [0.2, 0.25) is 0 Å². The first-order valence-electron chi connectivity index (χ1n) is 9.38. The maximum absolute atomic E-state index is 11.9. The number of aryl methyl sites for hydroxylation is 1. The summed E-state index contributed by atoms with van der Waals surface area (Å²) in [5.74, 6) is -0.0121. The number of nitrogens with one attached hydrogen (secondary N) is 1. The van der Waals surface area contributed by atoms with Gasteiger partial charge >= 0.3 is 5.97 Å². The molecule has 0 unspecified atom stereocenters. The van der Waals surface area contributed by atoms with Gasteiger partial charge in [-0.25, -0.2) is 0 Å². The van der Waals surface area contributed by atoms with Crippen LogP contribution in [0.5, 0.6) is 5.75 Å². The van der Waals surface area contributed by atoms with Gasteiger partial charge in [-0.15, -0.1) is 0 Å².